The van der Waals surface area contributed by atoms with Crippen molar-refractivity contribution in [1.29, 1.82) is 0 Å². The molecule has 8 nitrogen and oxygen atoms in total. The first-order chi connectivity index (χ1) is 22.7. The van der Waals surface area contributed by atoms with Crippen LogP contribution in [0, 0.1) is 62.6 Å². The molecule has 1 aliphatic heterocycles. The van der Waals surface area contributed by atoms with Crippen molar-refractivity contribution >= 4 is 17.0 Å². The second-order valence-corrected chi connectivity index (χ2v) is 19.5. The van der Waals surface area contributed by atoms with E-state index in [9.17, 15) is 10.2 Å². The fourth-order valence-electron chi connectivity index (χ4n) is 14.9. The Balaban J connectivity index is 0.958. The third kappa shape index (κ3) is 4.45. The zero-order valence-electron chi connectivity index (χ0n) is 30.8. The van der Waals surface area contributed by atoms with Crippen molar-refractivity contribution in [3.63, 3.8) is 0 Å². The van der Waals surface area contributed by atoms with Gasteiger partial charge in [0.05, 0.1) is 12.4 Å². The lowest BCUT2D eigenvalue weighted by Gasteiger charge is -2.73. The molecule has 0 unspecified atom stereocenters. The molecule has 6 aliphatic rings. The first-order valence-corrected chi connectivity index (χ1v) is 19.6. The van der Waals surface area contributed by atoms with E-state index in [0.717, 1.165) is 36.5 Å². The normalized spacial score (nSPS) is 48.8. The molecule has 2 aromatic rings. The number of nitrogen functional groups attached to an aromatic ring is 1. The highest BCUT2D eigenvalue weighted by Crippen LogP contribution is 2.78. The van der Waals surface area contributed by atoms with Gasteiger partial charge >= 0.3 is 0 Å². The number of rotatable bonds is 5. The number of hydrogen-bond acceptors (Lipinski definition) is 7. The van der Waals surface area contributed by atoms with Gasteiger partial charge in [0, 0.05) is 0 Å². The topological polar surface area (TPSA) is 119 Å². The summed E-state index contributed by atoms with van der Waals surface area (Å²) in [6.45, 7) is 18.6. The minimum atomic E-state index is -1.06. The summed E-state index contributed by atoms with van der Waals surface area (Å²) in [6.07, 6.45) is 17.0. The molecular formula is C40H63N5O3. The molecule has 5 saturated carbocycles. The Labute approximate surface area is 288 Å². The van der Waals surface area contributed by atoms with Crippen LogP contribution in [0.25, 0.3) is 11.2 Å². The second kappa shape index (κ2) is 11.1. The van der Waals surface area contributed by atoms with E-state index in [1.54, 1.807) is 10.9 Å². The van der Waals surface area contributed by atoms with Crippen LogP contribution in [0.2, 0.25) is 0 Å². The van der Waals surface area contributed by atoms with Crippen LogP contribution in [0.4, 0.5) is 5.82 Å². The highest BCUT2D eigenvalue weighted by molar-refractivity contribution is 5.81. The molecule has 0 aromatic carbocycles. The smallest absolute Gasteiger partial charge is 0.167 e. The standard InChI is InChI=1S/C40H63N5O3/c1-23(9-10-26-31(46)32(47)35(48-26)45-22-44-30-33(41)42-21-43-34(30)45)24-13-18-37(4)25(24)14-19-39(6)28(37)11-12-29-38(5)17-8-16-36(2,3)27(38)15-20-40(29,39)7/h21-29,31-32,35,46-47H,8-20H2,1-7H3,(H2,41,42,43)/t23-,24+,25-,26+,27-,28+,29+,31+,32+,35+,37-,38-,39+,40+/m0/s1. The number of aliphatic hydroxyl groups excluding tert-OH is 2. The number of hydrogen-bond donors (Lipinski definition) is 3. The lowest BCUT2D eigenvalue weighted by atomic mass is 9.32. The quantitative estimate of drug-likeness (QED) is 0.298. The molecule has 6 fully saturated rings. The van der Waals surface area contributed by atoms with Crippen LogP contribution in [0.3, 0.4) is 0 Å². The second-order valence-electron chi connectivity index (χ2n) is 19.5. The number of anilines is 1. The van der Waals surface area contributed by atoms with Gasteiger partial charge in [-0.25, -0.2) is 15.0 Å². The van der Waals surface area contributed by atoms with Crippen molar-refractivity contribution in [1.82, 2.24) is 19.5 Å². The van der Waals surface area contributed by atoms with Gasteiger partial charge < -0.3 is 20.7 Å². The van der Waals surface area contributed by atoms with E-state index in [1.807, 2.05) is 0 Å². The van der Waals surface area contributed by atoms with Gasteiger partial charge in [-0.2, -0.15) is 0 Å². The van der Waals surface area contributed by atoms with E-state index in [1.165, 1.54) is 77.0 Å². The van der Waals surface area contributed by atoms with E-state index in [2.05, 4.69) is 63.4 Å². The third-order valence-corrected chi connectivity index (χ3v) is 17.4. The average Bonchev–Trinajstić information content (AvgIpc) is 3.70. The van der Waals surface area contributed by atoms with E-state index < -0.39 is 24.5 Å². The summed E-state index contributed by atoms with van der Waals surface area (Å²) in [5.41, 5.74) is 9.25. The van der Waals surface area contributed by atoms with Crippen molar-refractivity contribution < 1.29 is 14.9 Å². The van der Waals surface area contributed by atoms with Crippen molar-refractivity contribution in [3.8, 4) is 0 Å². The number of aromatic nitrogens is 4. The molecule has 1 saturated heterocycles. The van der Waals surface area contributed by atoms with Crippen LogP contribution in [0.1, 0.15) is 138 Å². The Morgan fingerprint density at radius 3 is 2.29 bits per heavy atom. The first-order valence-electron chi connectivity index (χ1n) is 19.6. The third-order valence-electron chi connectivity index (χ3n) is 17.4. The monoisotopic (exact) mass is 661 g/mol. The van der Waals surface area contributed by atoms with Gasteiger partial charge in [0.15, 0.2) is 17.7 Å². The lowest BCUT2D eigenvalue weighted by Crippen LogP contribution is -2.65. The number of aliphatic hydroxyl groups is 2. The Morgan fingerprint density at radius 2 is 1.54 bits per heavy atom. The van der Waals surface area contributed by atoms with Crippen LogP contribution >= 0.6 is 0 Å². The molecule has 5 aliphatic carbocycles. The summed E-state index contributed by atoms with van der Waals surface area (Å²) in [6, 6.07) is 0. The van der Waals surface area contributed by atoms with E-state index in [0.29, 0.717) is 55.9 Å². The minimum Gasteiger partial charge on any atom is -0.388 e. The van der Waals surface area contributed by atoms with E-state index >= 15 is 0 Å². The van der Waals surface area contributed by atoms with Crippen molar-refractivity contribution in [2.45, 2.75) is 156 Å². The molecule has 0 radical (unpaired) electrons. The molecule has 2 aromatic heterocycles. The number of imidazole rings is 1. The molecule has 3 heterocycles. The predicted molar refractivity (Wildman–Crippen MR) is 189 cm³/mol. The zero-order chi connectivity index (χ0) is 34.0. The van der Waals surface area contributed by atoms with Gasteiger partial charge in [-0.3, -0.25) is 4.57 Å². The van der Waals surface area contributed by atoms with E-state index in [-0.39, 0.29) is 0 Å². The molecule has 8 rings (SSSR count). The molecule has 48 heavy (non-hydrogen) atoms. The van der Waals surface area contributed by atoms with Crippen LogP contribution in [-0.4, -0.2) is 48.0 Å². The van der Waals surface area contributed by atoms with Crippen LogP contribution in [0.15, 0.2) is 12.7 Å². The maximum absolute atomic E-state index is 11.1. The summed E-state index contributed by atoms with van der Waals surface area (Å²) in [4.78, 5) is 12.7. The van der Waals surface area contributed by atoms with Crippen LogP contribution in [0.5, 0.6) is 0 Å². The number of ether oxygens (including phenoxy) is 1. The van der Waals surface area contributed by atoms with Gasteiger partial charge in [-0.1, -0.05) is 54.9 Å². The highest BCUT2D eigenvalue weighted by atomic mass is 16.6. The average molecular weight is 662 g/mol. The first kappa shape index (κ1) is 33.4. The Hall–Kier alpha value is -1.77. The Bertz CT molecular complexity index is 1540. The molecule has 0 amide bonds. The van der Waals surface area contributed by atoms with Gasteiger partial charge in [-0.15, -0.1) is 0 Å². The number of nitrogens with zero attached hydrogens (tertiary/aromatic N) is 4. The summed E-state index contributed by atoms with van der Waals surface area (Å²) >= 11 is 0. The summed E-state index contributed by atoms with van der Waals surface area (Å²) < 4.78 is 8.03. The highest BCUT2D eigenvalue weighted by Gasteiger charge is 2.70. The maximum Gasteiger partial charge on any atom is 0.167 e. The largest absolute Gasteiger partial charge is 0.388 e. The number of fused-ring (bicyclic) bond motifs is 8. The van der Waals surface area contributed by atoms with Gasteiger partial charge in [-0.05, 0) is 140 Å². The minimum absolute atomic E-state index is 0.292. The Kier molecular flexibility index (Phi) is 7.73. The Morgan fingerprint density at radius 1 is 0.833 bits per heavy atom. The summed E-state index contributed by atoms with van der Waals surface area (Å²) in [7, 11) is 0. The van der Waals surface area contributed by atoms with Gasteiger partial charge in [0.1, 0.15) is 24.1 Å². The van der Waals surface area contributed by atoms with Crippen molar-refractivity contribution in [3.05, 3.63) is 12.7 Å². The lowest BCUT2D eigenvalue weighted by molar-refractivity contribution is -0.241. The molecule has 0 bridgehead atoms. The number of nitrogens with two attached hydrogens (primary N) is 1. The SMILES string of the molecule is C[C@@H](CC[C@H]1O[C@@H](n2cnc3c(N)ncnc32)[C@H](O)[C@@H]1O)[C@H]1CC[C@]2(C)[C@H]3CC[C@@H]4[C@@]5(C)CCCC(C)(C)[C@@H]5CC[C@@]4(C)[C@]3(C)CC[C@@H]12. The predicted octanol–water partition coefficient (Wildman–Crippen LogP) is 7.94. The van der Waals surface area contributed by atoms with Gasteiger partial charge in [0.25, 0.3) is 0 Å². The fourth-order valence-corrected chi connectivity index (χ4v) is 14.9. The summed E-state index contributed by atoms with van der Waals surface area (Å²) in [5.74, 6) is 4.91. The fraction of sp³-hybridized carbons (Fsp3) is 0.875. The molecular weight excluding hydrogens is 598 g/mol. The summed E-state index contributed by atoms with van der Waals surface area (Å²) in [5, 5.41) is 22.1. The van der Waals surface area contributed by atoms with E-state index in [4.69, 9.17) is 10.5 Å². The molecule has 4 N–H and O–H groups in total. The zero-order valence-corrected chi connectivity index (χ0v) is 30.8. The molecule has 266 valence electrons. The molecule has 8 heteroatoms. The van der Waals surface area contributed by atoms with Crippen molar-refractivity contribution in [2.24, 2.45) is 62.6 Å². The van der Waals surface area contributed by atoms with Crippen LogP contribution in [-0.2, 0) is 4.74 Å². The van der Waals surface area contributed by atoms with Crippen molar-refractivity contribution in [2.75, 3.05) is 5.73 Å². The van der Waals surface area contributed by atoms with Crippen LogP contribution < -0.4 is 5.73 Å². The molecule has 14 atom stereocenters. The maximum atomic E-state index is 11.1. The molecule has 0 spiro atoms. The van der Waals surface area contributed by atoms with Gasteiger partial charge in [0.2, 0.25) is 0 Å².